The smallest absolute Gasteiger partial charge is 0.344 e. The summed E-state index contributed by atoms with van der Waals surface area (Å²) in [6, 6.07) is 8.08. The summed E-state index contributed by atoms with van der Waals surface area (Å²) < 4.78 is 14.6. The predicted molar refractivity (Wildman–Crippen MR) is 87.1 cm³/mol. The molecule has 0 saturated carbocycles. The molecule has 1 aromatic carbocycles. The highest BCUT2D eigenvalue weighted by atomic mass is 16.6. The number of benzene rings is 1. The van der Waals surface area contributed by atoms with Gasteiger partial charge in [0.2, 0.25) is 5.91 Å². The topological polar surface area (TPSA) is 120 Å². The molecule has 0 bridgehead atoms. The molecular weight excluding hydrogens is 330 g/mol. The number of nitrogens with zero attached hydrogens (tertiary/aromatic N) is 1. The summed E-state index contributed by atoms with van der Waals surface area (Å²) in [5.41, 5.74) is 1.00. The van der Waals surface area contributed by atoms with Gasteiger partial charge >= 0.3 is 5.97 Å². The van der Waals surface area contributed by atoms with Gasteiger partial charge in [0, 0.05) is 24.4 Å². The van der Waals surface area contributed by atoms with Crippen LogP contribution in [-0.2, 0) is 19.1 Å². The molecule has 0 aliphatic rings. The SMILES string of the molecule is CC(=O)Nc1cccc(NC(=O)COC(=O)COc2cc(C)on2)c1. The second kappa shape index (κ2) is 8.48. The second-order valence-corrected chi connectivity index (χ2v) is 5.04. The van der Waals surface area contributed by atoms with Crippen LogP contribution in [0, 0.1) is 6.92 Å². The molecule has 0 spiro atoms. The van der Waals surface area contributed by atoms with E-state index in [1.807, 2.05) is 0 Å². The van der Waals surface area contributed by atoms with E-state index in [1.165, 1.54) is 13.0 Å². The zero-order valence-corrected chi connectivity index (χ0v) is 13.7. The first-order valence-corrected chi connectivity index (χ1v) is 7.31. The number of hydrogen-bond acceptors (Lipinski definition) is 7. The number of carbonyl (C=O) groups is 3. The van der Waals surface area contributed by atoms with Gasteiger partial charge in [0.05, 0.1) is 0 Å². The Morgan fingerprint density at radius 2 is 1.84 bits per heavy atom. The third kappa shape index (κ3) is 6.34. The number of anilines is 2. The summed E-state index contributed by atoms with van der Waals surface area (Å²) in [7, 11) is 0. The molecular formula is C16H17N3O6. The van der Waals surface area contributed by atoms with Gasteiger partial charge in [-0.2, -0.15) is 0 Å². The van der Waals surface area contributed by atoms with Crippen molar-refractivity contribution in [2.75, 3.05) is 23.8 Å². The standard InChI is InChI=1S/C16H17N3O6/c1-10-6-15(19-25-10)23-9-16(22)24-8-14(21)18-13-5-3-4-12(7-13)17-11(2)20/h3-7H,8-9H2,1-2H3,(H,17,20)(H,18,21). The molecule has 9 nitrogen and oxygen atoms in total. The van der Waals surface area contributed by atoms with Crippen LogP contribution in [0.5, 0.6) is 5.88 Å². The van der Waals surface area contributed by atoms with Gasteiger partial charge in [-0.1, -0.05) is 6.07 Å². The molecule has 132 valence electrons. The molecule has 2 aromatic rings. The summed E-state index contributed by atoms with van der Waals surface area (Å²) >= 11 is 0. The van der Waals surface area contributed by atoms with Crippen molar-refractivity contribution < 1.29 is 28.4 Å². The maximum atomic E-state index is 11.8. The predicted octanol–water partition coefficient (Wildman–Crippen LogP) is 1.50. The van der Waals surface area contributed by atoms with E-state index in [2.05, 4.69) is 15.8 Å². The molecule has 0 saturated heterocycles. The highest BCUT2D eigenvalue weighted by Gasteiger charge is 2.10. The number of esters is 1. The van der Waals surface area contributed by atoms with E-state index in [0.29, 0.717) is 17.1 Å². The van der Waals surface area contributed by atoms with Gasteiger partial charge in [-0.05, 0) is 30.3 Å². The fourth-order valence-electron chi connectivity index (χ4n) is 1.81. The Kier molecular flexibility index (Phi) is 6.10. The van der Waals surface area contributed by atoms with Crippen molar-refractivity contribution in [1.29, 1.82) is 0 Å². The average Bonchev–Trinajstić information content (AvgIpc) is 2.96. The lowest BCUT2D eigenvalue weighted by Crippen LogP contribution is -2.23. The first kappa shape index (κ1) is 18.0. The number of carbonyl (C=O) groups excluding carboxylic acids is 3. The number of rotatable bonds is 7. The number of aryl methyl sites for hydroxylation is 1. The van der Waals surface area contributed by atoms with Crippen LogP contribution in [0.1, 0.15) is 12.7 Å². The Balaban J connectivity index is 1.74. The lowest BCUT2D eigenvalue weighted by molar-refractivity contribution is -0.149. The minimum atomic E-state index is -0.720. The zero-order valence-electron chi connectivity index (χ0n) is 13.7. The van der Waals surface area contributed by atoms with Crippen LogP contribution < -0.4 is 15.4 Å². The molecule has 2 N–H and O–H groups in total. The van der Waals surface area contributed by atoms with Gasteiger partial charge in [0.1, 0.15) is 5.76 Å². The Hall–Kier alpha value is -3.36. The molecule has 0 radical (unpaired) electrons. The van der Waals surface area contributed by atoms with E-state index in [-0.39, 0.29) is 11.8 Å². The highest BCUT2D eigenvalue weighted by Crippen LogP contribution is 2.15. The van der Waals surface area contributed by atoms with Gasteiger partial charge in [0.15, 0.2) is 13.2 Å². The van der Waals surface area contributed by atoms with Crippen molar-refractivity contribution in [2.24, 2.45) is 0 Å². The molecule has 1 aromatic heterocycles. The van der Waals surface area contributed by atoms with E-state index in [4.69, 9.17) is 14.0 Å². The van der Waals surface area contributed by atoms with Gasteiger partial charge in [-0.15, -0.1) is 0 Å². The molecule has 0 aliphatic carbocycles. The molecule has 2 amide bonds. The molecule has 25 heavy (non-hydrogen) atoms. The fourth-order valence-corrected chi connectivity index (χ4v) is 1.81. The van der Waals surface area contributed by atoms with Crippen LogP contribution in [0.3, 0.4) is 0 Å². The van der Waals surface area contributed by atoms with E-state index in [0.717, 1.165) is 0 Å². The molecule has 9 heteroatoms. The summed E-state index contributed by atoms with van der Waals surface area (Å²) in [5, 5.41) is 8.70. The van der Waals surface area contributed by atoms with Crippen molar-refractivity contribution in [2.45, 2.75) is 13.8 Å². The van der Waals surface area contributed by atoms with Crippen molar-refractivity contribution >= 4 is 29.2 Å². The van der Waals surface area contributed by atoms with Crippen LogP contribution in [0.15, 0.2) is 34.9 Å². The molecule has 0 aliphatic heterocycles. The van der Waals surface area contributed by atoms with Gasteiger partial charge in [-0.25, -0.2) is 4.79 Å². The van der Waals surface area contributed by atoms with Crippen LogP contribution >= 0.6 is 0 Å². The quantitative estimate of drug-likeness (QED) is 0.728. The maximum absolute atomic E-state index is 11.8. The number of aromatic nitrogens is 1. The van der Waals surface area contributed by atoms with Crippen molar-refractivity contribution in [3.8, 4) is 5.88 Å². The minimum absolute atomic E-state index is 0.161. The highest BCUT2D eigenvalue weighted by molar-refractivity contribution is 5.94. The van der Waals surface area contributed by atoms with Gasteiger partial charge in [0.25, 0.3) is 11.8 Å². The molecule has 0 fully saturated rings. The normalized spacial score (nSPS) is 10.0. The molecule has 0 atom stereocenters. The largest absolute Gasteiger partial charge is 0.463 e. The van der Waals surface area contributed by atoms with E-state index >= 15 is 0 Å². The van der Waals surface area contributed by atoms with Crippen LogP contribution in [0.2, 0.25) is 0 Å². The average molecular weight is 347 g/mol. The molecule has 0 unspecified atom stereocenters. The monoisotopic (exact) mass is 347 g/mol. The minimum Gasteiger partial charge on any atom is -0.463 e. The van der Waals surface area contributed by atoms with Gasteiger partial charge < -0.3 is 24.6 Å². The van der Waals surface area contributed by atoms with Crippen LogP contribution in [0.25, 0.3) is 0 Å². The summed E-state index contributed by atoms with van der Waals surface area (Å²) in [4.78, 5) is 34.3. The van der Waals surface area contributed by atoms with Crippen molar-refractivity contribution in [3.05, 3.63) is 36.1 Å². The lowest BCUT2D eigenvalue weighted by atomic mass is 10.2. The first-order chi connectivity index (χ1) is 11.9. The first-order valence-electron chi connectivity index (χ1n) is 7.31. The Labute approximate surface area is 143 Å². The number of ether oxygens (including phenoxy) is 2. The lowest BCUT2D eigenvalue weighted by Gasteiger charge is -2.08. The summed E-state index contributed by atoms with van der Waals surface area (Å²) in [6.45, 7) is 2.21. The Morgan fingerprint density at radius 3 is 2.48 bits per heavy atom. The van der Waals surface area contributed by atoms with E-state index in [1.54, 1.807) is 31.2 Å². The zero-order chi connectivity index (χ0) is 18.2. The van der Waals surface area contributed by atoms with Gasteiger partial charge in [-0.3, -0.25) is 9.59 Å². The Morgan fingerprint density at radius 1 is 1.12 bits per heavy atom. The summed E-state index contributed by atoms with van der Waals surface area (Å²) in [6.07, 6.45) is 0. The van der Waals surface area contributed by atoms with Crippen LogP contribution in [0.4, 0.5) is 11.4 Å². The molecule has 2 rings (SSSR count). The van der Waals surface area contributed by atoms with Crippen molar-refractivity contribution in [1.82, 2.24) is 5.16 Å². The number of nitrogens with one attached hydrogen (secondary N) is 2. The third-order valence-electron chi connectivity index (χ3n) is 2.78. The van der Waals surface area contributed by atoms with Crippen LogP contribution in [-0.4, -0.2) is 36.2 Å². The third-order valence-corrected chi connectivity index (χ3v) is 2.78. The number of amides is 2. The summed E-state index contributed by atoms with van der Waals surface area (Å²) in [5.74, 6) is -0.758. The van der Waals surface area contributed by atoms with Crippen molar-refractivity contribution in [3.63, 3.8) is 0 Å². The maximum Gasteiger partial charge on any atom is 0.344 e. The fraction of sp³-hybridized carbons (Fsp3) is 0.250. The molecule has 1 heterocycles. The second-order valence-electron chi connectivity index (χ2n) is 5.04. The van der Waals surface area contributed by atoms with E-state index < -0.39 is 25.1 Å². The number of hydrogen-bond donors (Lipinski definition) is 2. The Bertz CT molecular complexity index is 771. The van der Waals surface area contributed by atoms with E-state index in [9.17, 15) is 14.4 Å².